The number of sulfonamides is 1. The fourth-order valence-corrected chi connectivity index (χ4v) is 5.89. The first-order chi connectivity index (χ1) is 9.94. The van der Waals surface area contributed by atoms with Gasteiger partial charge in [0.25, 0.3) is 0 Å². The Morgan fingerprint density at radius 2 is 1.90 bits per heavy atom. The molecule has 1 atom stereocenters. The number of hydrogen-bond donors (Lipinski definition) is 1. The van der Waals surface area contributed by atoms with E-state index in [0.717, 1.165) is 23.7 Å². The van der Waals surface area contributed by atoms with E-state index in [0.29, 0.717) is 15.3 Å². The van der Waals surface area contributed by atoms with Crippen molar-refractivity contribution in [2.75, 3.05) is 0 Å². The lowest BCUT2D eigenvalue weighted by molar-refractivity contribution is 0.285. The Morgan fingerprint density at radius 1 is 1.24 bits per heavy atom. The van der Waals surface area contributed by atoms with Crippen LogP contribution >= 0.6 is 31.9 Å². The number of benzene rings is 1. The van der Waals surface area contributed by atoms with Gasteiger partial charge in [0, 0.05) is 15.0 Å². The minimum absolute atomic E-state index is 0.0289. The molecule has 1 N–H and O–H groups in total. The van der Waals surface area contributed by atoms with Gasteiger partial charge in [0.05, 0.1) is 4.90 Å². The van der Waals surface area contributed by atoms with Gasteiger partial charge in [-0.15, -0.1) is 0 Å². The molecule has 0 saturated heterocycles. The van der Waals surface area contributed by atoms with E-state index < -0.39 is 10.0 Å². The summed E-state index contributed by atoms with van der Waals surface area (Å²) in [7, 11) is -3.50. The summed E-state index contributed by atoms with van der Waals surface area (Å²) in [5, 5.41) is 0. The van der Waals surface area contributed by atoms with Crippen molar-refractivity contribution in [2.24, 2.45) is 5.92 Å². The Bertz CT molecular complexity index is 583. The van der Waals surface area contributed by atoms with Crippen LogP contribution in [0.1, 0.15) is 45.4 Å². The molecular weight excluding hydrogens is 418 g/mol. The van der Waals surface area contributed by atoms with Crippen LogP contribution in [0, 0.1) is 5.92 Å². The zero-order valence-corrected chi connectivity index (χ0v) is 16.1. The van der Waals surface area contributed by atoms with Gasteiger partial charge in [-0.1, -0.05) is 42.1 Å². The molecule has 3 nitrogen and oxygen atoms in total. The van der Waals surface area contributed by atoms with Crippen molar-refractivity contribution in [3.8, 4) is 0 Å². The first kappa shape index (κ1) is 17.4. The van der Waals surface area contributed by atoms with E-state index in [2.05, 4.69) is 43.5 Å². The predicted octanol–water partition coefficient (Wildman–Crippen LogP) is 4.85. The van der Waals surface area contributed by atoms with Gasteiger partial charge in [0.1, 0.15) is 0 Å². The number of hydrogen-bond acceptors (Lipinski definition) is 2. The molecule has 1 saturated carbocycles. The molecule has 1 aliphatic rings. The third kappa shape index (κ3) is 4.53. The summed E-state index contributed by atoms with van der Waals surface area (Å²) in [6.07, 6.45) is 6.78. The fraction of sp³-hybridized carbons (Fsp3) is 0.600. The summed E-state index contributed by atoms with van der Waals surface area (Å²) in [6, 6.07) is 5.24. The molecule has 1 aliphatic carbocycles. The highest BCUT2D eigenvalue weighted by Crippen LogP contribution is 2.30. The molecule has 1 aromatic carbocycles. The molecule has 0 aromatic heterocycles. The lowest BCUT2D eigenvalue weighted by Crippen LogP contribution is -2.40. The van der Waals surface area contributed by atoms with E-state index in [-0.39, 0.29) is 6.04 Å². The maximum atomic E-state index is 12.7. The van der Waals surface area contributed by atoms with E-state index in [1.165, 1.54) is 19.3 Å². The highest BCUT2D eigenvalue weighted by atomic mass is 79.9. The summed E-state index contributed by atoms with van der Waals surface area (Å²) >= 11 is 6.67. The molecule has 0 heterocycles. The smallest absolute Gasteiger partial charge is 0.208 e. The van der Waals surface area contributed by atoms with Crippen LogP contribution in [0.5, 0.6) is 0 Å². The number of rotatable bonds is 5. The molecule has 1 unspecified atom stereocenters. The van der Waals surface area contributed by atoms with Gasteiger partial charge in [-0.2, -0.15) is 0 Å². The second kappa shape index (κ2) is 7.57. The van der Waals surface area contributed by atoms with Gasteiger partial charge in [-0.3, -0.25) is 0 Å². The highest BCUT2D eigenvalue weighted by molar-refractivity contribution is 9.11. The van der Waals surface area contributed by atoms with Crippen LogP contribution in [0.2, 0.25) is 0 Å². The Balaban J connectivity index is 2.20. The molecule has 0 spiro atoms. The SMILES string of the molecule is CCC(NS(=O)(=O)c1cc(Br)ccc1Br)C1CCCCC1. The van der Waals surface area contributed by atoms with Crippen LogP contribution in [-0.2, 0) is 10.0 Å². The number of halogens is 2. The quantitative estimate of drug-likeness (QED) is 0.714. The maximum absolute atomic E-state index is 12.7. The summed E-state index contributed by atoms with van der Waals surface area (Å²) in [6.45, 7) is 2.05. The van der Waals surface area contributed by atoms with Crippen LogP contribution in [0.3, 0.4) is 0 Å². The average Bonchev–Trinajstić information content (AvgIpc) is 2.48. The third-order valence-electron chi connectivity index (χ3n) is 4.15. The van der Waals surface area contributed by atoms with Gasteiger partial charge in [-0.25, -0.2) is 13.1 Å². The zero-order chi connectivity index (χ0) is 15.5. The van der Waals surface area contributed by atoms with Crippen molar-refractivity contribution in [3.63, 3.8) is 0 Å². The summed E-state index contributed by atoms with van der Waals surface area (Å²) < 4.78 is 29.6. The van der Waals surface area contributed by atoms with E-state index in [1.54, 1.807) is 12.1 Å². The molecule has 21 heavy (non-hydrogen) atoms. The van der Waals surface area contributed by atoms with Gasteiger partial charge in [-0.05, 0) is 59.3 Å². The Kier molecular flexibility index (Phi) is 6.29. The lowest BCUT2D eigenvalue weighted by Gasteiger charge is -2.30. The van der Waals surface area contributed by atoms with Gasteiger partial charge in [0.2, 0.25) is 10.0 Å². The maximum Gasteiger partial charge on any atom is 0.241 e. The minimum Gasteiger partial charge on any atom is -0.208 e. The second-order valence-corrected chi connectivity index (χ2v) is 9.06. The van der Waals surface area contributed by atoms with Crippen molar-refractivity contribution in [1.82, 2.24) is 4.72 Å². The van der Waals surface area contributed by atoms with Crippen molar-refractivity contribution in [2.45, 2.75) is 56.4 Å². The monoisotopic (exact) mass is 437 g/mol. The van der Waals surface area contributed by atoms with E-state index in [9.17, 15) is 8.42 Å². The molecular formula is C15H21Br2NO2S. The molecule has 0 aliphatic heterocycles. The molecule has 0 radical (unpaired) electrons. The van der Waals surface area contributed by atoms with Crippen LogP contribution in [0.25, 0.3) is 0 Å². The normalized spacial score (nSPS) is 18.6. The lowest BCUT2D eigenvalue weighted by atomic mass is 9.83. The zero-order valence-electron chi connectivity index (χ0n) is 12.1. The first-order valence-corrected chi connectivity index (χ1v) is 10.5. The van der Waals surface area contributed by atoms with Crippen LogP contribution in [0.15, 0.2) is 32.0 Å². The summed E-state index contributed by atoms with van der Waals surface area (Å²) in [5.74, 6) is 0.462. The molecule has 6 heteroatoms. The Hall–Kier alpha value is 0.0900. The molecule has 118 valence electrons. The second-order valence-electron chi connectivity index (χ2n) is 5.61. The first-order valence-electron chi connectivity index (χ1n) is 7.41. The van der Waals surface area contributed by atoms with E-state index >= 15 is 0 Å². The van der Waals surface area contributed by atoms with E-state index in [4.69, 9.17) is 0 Å². The Labute approximate surface area is 144 Å². The van der Waals surface area contributed by atoms with Gasteiger partial charge in [0.15, 0.2) is 0 Å². The van der Waals surface area contributed by atoms with Crippen molar-refractivity contribution < 1.29 is 8.42 Å². The molecule has 1 aromatic rings. The van der Waals surface area contributed by atoms with Crippen molar-refractivity contribution in [1.29, 1.82) is 0 Å². The highest BCUT2D eigenvalue weighted by Gasteiger charge is 2.28. The molecule has 0 amide bonds. The largest absolute Gasteiger partial charge is 0.241 e. The predicted molar refractivity (Wildman–Crippen MR) is 92.8 cm³/mol. The molecule has 2 rings (SSSR count). The van der Waals surface area contributed by atoms with Crippen molar-refractivity contribution >= 4 is 41.9 Å². The van der Waals surface area contributed by atoms with Crippen LogP contribution < -0.4 is 4.72 Å². The van der Waals surface area contributed by atoms with Gasteiger partial charge < -0.3 is 0 Å². The van der Waals surface area contributed by atoms with Crippen LogP contribution in [0.4, 0.5) is 0 Å². The number of nitrogens with one attached hydrogen (secondary N) is 1. The van der Waals surface area contributed by atoms with Gasteiger partial charge >= 0.3 is 0 Å². The summed E-state index contributed by atoms with van der Waals surface area (Å²) in [4.78, 5) is 0.297. The average molecular weight is 439 g/mol. The van der Waals surface area contributed by atoms with Crippen molar-refractivity contribution in [3.05, 3.63) is 27.1 Å². The summed E-state index contributed by atoms with van der Waals surface area (Å²) in [5.41, 5.74) is 0. The molecule has 0 bridgehead atoms. The standard InChI is InChI=1S/C15H21Br2NO2S/c1-2-14(11-6-4-3-5-7-11)18-21(19,20)15-10-12(16)8-9-13(15)17/h8-11,14,18H,2-7H2,1H3. The minimum atomic E-state index is -3.50. The third-order valence-corrected chi connectivity index (χ3v) is 7.13. The van der Waals surface area contributed by atoms with Crippen LogP contribution in [-0.4, -0.2) is 14.5 Å². The Morgan fingerprint density at radius 3 is 2.52 bits per heavy atom. The van der Waals surface area contributed by atoms with E-state index in [1.807, 2.05) is 6.07 Å². The molecule has 1 fully saturated rings. The fourth-order valence-electron chi connectivity index (χ4n) is 3.00. The topological polar surface area (TPSA) is 46.2 Å².